The van der Waals surface area contributed by atoms with Crippen LogP contribution in [0.25, 0.3) is 0 Å². The van der Waals surface area contributed by atoms with Gasteiger partial charge in [-0.3, -0.25) is 5.10 Å². The van der Waals surface area contributed by atoms with E-state index >= 15 is 0 Å². The standard InChI is InChI=1S/C14H26N4O2S/c1-5-14(3)6-8-18(9-7-14)21(19,20)13-12(10-15-4)11(2)16-17-13/h15H,5-10H2,1-4H3,(H,16,17). The van der Waals surface area contributed by atoms with E-state index in [0.717, 1.165) is 30.5 Å². The molecule has 7 heteroatoms. The van der Waals surface area contributed by atoms with Gasteiger partial charge in [0.1, 0.15) is 0 Å². The number of H-pyrrole nitrogens is 1. The second kappa shape index (κ2) is 6.06. The summed E-state index contributed by atoms with van der Waals surface area (Å²) in [6, 6.07) is 0. The van der Waals surface area contributed by atoms with E-state index in [1.807, 2.05) is 6.92 Å². The van der Waals surface area contributed by atoms with Crippen molar-refractivity contribution >= 4 is 10.0 Å². The summed E-state index contributed by atoms with van der Waals surface area (Å²) in [5.41, 5.74) is 1.81. The monoisotopic (exact) mass is 314 g/mol. The zero-order valence-electron chi connectivity index (χ0n) is 13.4. The van der Waals surface area contributed by atoms with Crippen LogP contribution >= 0.6 is 0 Å². The summed E-state index contributed by atoms with van der Waals surface area (Å²) in [4.78, 5) is 0. The molecule has 21 heavy (non-hydrogen) atoms. The van der Waals surface area contributed by atoms with Crippen molar-refractivity contribution < 1.29 is 8.42 Å². The van der Waals surface area contributed by atoms with Crippen molar-refractivity contribution in [2.45, 2.75) is 51.6 Å². The van der Waals surface area contributed by atoms with E-state index in [9.17, 15) is 8.42 Å². The number of hydrogen-bond donors (Lipinski definition) is 2. The fourth-order valence-corrected chi connectivity index (χ4v) is 4.38. The van der Waals surface area contributed by atoms with Gasteiger partial charge >= 0.3 is 0 Å². The number of aromatic amines is 1. The van der Waals surface area contributed by atoms with Gasteiger partial charge in [0.2, 0.25) is 0 Å². The van der Waals surface area contributed by atoms with Crippen LogP contribution in [0.2, 0.25) is 0 Å². The number of nitrogens with one attached hydrogen (secondary N) is 2. The lowest BCUT2D eigenvalue weighted by atomic mass is 9.79. The molecule has 120 valence electrons. The average molecular weight is 314 g/mol. The van der Waals surface area contributed by atoms with Gasteiger partial charge in [0.15, 0.2) is 5.03 Å². The van der Waals surface area contributed by atoms with Gasteiger partial charge in [-0.2, -0.15) is 9.40 Å². The van der Waals surface area contributed by atoms with Gasteiger partial charge < -0.3 is 5.32 Å². The Bertz CT molecular complexity index is 586. The summed E-state index contributed by atoms with van der Waals surface area (Å²) in [7, 11) is -1.70. The maximum absolute atomic E-state index is 12.8. The molecule has 0 spiro atoms. The zero-order valence-corrected chi connectivity index (χ0v) is 14.2. The molecule has 6 nitrogen and oxygen atoms in total. The Morgan fingerprint density at radius 1 is 1.38 bits per heavy atom. The number of nitrogens with zero attached hydrogens (tertiary/aromatic N) is 2. The Balaban J connectivity index is 2.24. The van der Waals surface area contributed by atoms with Crippen molar-refractivity contribution in [2.24, 2.45) is 5.41 Å². The van der Waals surface area contributed by atoms with E-state index in [-0.39, 0.29) is 10.4 Å². The number of hydrogen-bond acceptors (Lipinski definition) is 4. The molecule has 0 aliphatic carbocycles. The highest BCUT2D eigenvalue weighted by molar-refractivity contribution is 7.89. The van der Waals surface area contributed by atoms with E-state index in [4.69, 9.17) is 0 Å². The molecule has 2 N–H and O–H groups in total. The zero-order chi connectivity index (χ0) is 15.7. The average Bonchev–Trinajstić information content (AvgIpc) is 2.82. The predicted octanol–water partition coefficient (Wildman–Crippen LogP) is 1.64. The second-order valence-electron chi connectivity index (χ2n) is 6.23. The van der Waals surface area contributed by atoms with Crippen LogP contribution in [0.15, 0.2) is 5.03 Å². The highest BCUT2D eigenvalue weighted by atomic mass is 32.2. The first kappa shape index (κ1) is 16.5. The van der Waals surface area contributed by atoms with Crippen molar-refractivity contribution in [2.75, 3.05) is 20.1 Å². The van der Waals surface area contributed by atoms with Crippen LogP contribution in [-0.2, 0) is 16.6 Å². The number of rotatable bonds is 5. The van der Waals surface area contributed by atoms with Crippen LogP contribution < -0.4 is 5.32 Å². The minimum absolute atomic E-state index is 0.175. The molecule has 1 aromatic rings. The van der Waals surface area contributed by atoms with Crippen LogP contribution in [0.5, 0.6) is 0 Å². The molecule has 1 fully saturated rings. The Morgan fingerprint density at radius 2 is 2.00 bits per heavy atom. The van der Waals surface area contributed by atoms with Crippen LogP contribution in [0, 0.1) is 12.3 Å². The molecule has 0 bridgehead atoms. The summed E-state index contributed by atoms with van der Waals surface area (Å²) in [5.74, 6) is 0. The molecule has 1 aromatic heterocycles. The van der Waals surface area contributed by atoms with Gasteiger partial charge in [0.05, 0.1) is 0 Å². The molecule has 0 atom stereocenters. The lowest BCUT2D eigenvalue weighted by molar-refractivity contribution is 0.168. The number of sulfonamides is 1. The van der Waals surface area contributed by atoms with E-state index in [0.29, 0.717) is 19.6 Å². The number of piperidine rings is 1. The number of aryl methyl sites for hydroxylation is 1. The van der Waals surface area contributed by atoms with Crippen LogP contribution in [0.4, 0.5) is 0 Å². The first-order valence-corrected chi connectivity index (χ1v) is 8.96. The Hall–Kier alpha value is -0.920. The van der Waals surface area contributed by atoms with Gasteiger partial charge in [-0.1, -0.05) is 20.3 Å². The smallest absolute Gasteiger partial charge is 0.262 e. The van der Waals surface area contributed by atoms with Gasteiger partial charge in [0, 0.05) is 30.9 Å². The summed E-state index contributed by atoms with van der Waals surface area (Å²) < 4.78 is 27.2. The first-order valence-electron chi connectivity index (χ1n) is 7.52. The Kier molecular flexibility index (Phi) is 4.75. The van der Waals surface area contributed by atoms with E-state index in [2.05, 4.69) is 29.4 Å². The van der Waals surface area contributed by atoms with E-state index in [1.165, 1.54) is 0 Å². The molecule has 0 radical (unpaired) electrons. The molecule has 1 aliphatic rings. The molecular formula is C14H26N4O2S. The van der Waals surface area contributed by atoms with Crippen molar-refractivity contribution in [1.29, 1.82) is 0 Å². The molecule has 1 aliphatic heterocycles. The molecule has 2 heterocycles. The summed E-state index contributed by atoms with van der Waals surface area (Å²) in [5, 5.41) is 10.0. The van der Waals surface area contributed by atoms with Gasteiger partial charge in [-0.15, -0.1) is 0 Å². The maximum atomic E-state index is 12.8. The fourth-order valence-electron chi connectivity index (χ4n) is 2.77. The maximum Gasteiger partial charge on any atom is 0.262 e. The highest BCUT2D eigenvalue weighted by Gasteiger charge is 2.36. The van der Waals surface area contributed by atoms with Crippen molar-refractivity contribution in [1.82, 2.24) is 19.8 Å². The Labute approximate surface area is 127 Å². The quantitative estimate of drug-likeness (QED) is 0.866. The second-order valence-corrected chi connectivity index (χ2v) is 8.08. The normalized spacial score (nSPS) is 19.8. The summed E-state index contributed by atoms with van der Waals surface area (Å²) in [6.07, 6.45) is 2.91. The molecule has 0 aromatic carbocycles. The SMILES string of the molecule is CCC1(C)CCN(S(=O)(=O)c2n[nH]c(C)c2CNC)CC1. The predicted molar refractivity (Wildman–Crippen MR) is 82.5 cm³/mol. The molecular weight excluding hydrogens is 288 g/mol. The van der Waals surface area contributed by atoms with Gasteiger partial charge in [-0.05, 0) is 32.2 Å². The van der Waals surface area contributed by atoms with Crippen LogP contribution in [-0.4, -0.2) is 43.1 Å². The lowest BCUT2D eigenvalue weighted by Crippen LogP contribution is -2.42. The fraction of sp³-hybridized carbons (Fsp3) is 0.786. The molecule has 2 rings (SSSR count). The van der Waals surface area contributed by atoms with Gasteiger partial charge in [-0.25, -0.2) is 8.42 Å². The summed E-state index contributed by atoms with van der Waals surface area (Å²) >= 11 is 0. The van der Waals surface area contributed by atoms with Crippen LogP contribution in [0.1, 0.15) is 44.4 Å². The molecule has 0 amide bonds. The first-order chi connectivity index (χ1) is 9.84. The van der Waals surface area contributed by atoms with Crippen molar-refractivity contribution in [3.63, 3.8) is 0 Å². The number of aromatic nitrogens is 2. The topological polar surface area (TPSA) is 78.1 Å². The van der Waals surface area contributed by atoms with Crippen molar-refractivity contribution in [3.05, 3.63) is 11.3 Å². The minimum Gasteiger partial charge on any atom is -0.316 e. The van der Waals surface area contributed by atoms with Gasteiger partial charge in [0.25, 0.3) is 10.0 Å². The Morgan fingerprint density at radius 3 is 2.52 bits per heavy atom. The molecule has 0 saturated carbocycles. The van der Waals surface area contributed by atoms with E-state index < -0.39 is 10.0 Å². The third-order valence-corrected chi connectivity index (χ3v) is 6.63. The summed E-state index contributed by atoms with van der Waals surface area (Å²) in [6.45, 7) is 7.92. The molecule has 1 saturated heterocycles. The highest BCUT2D eigenvalue weighted by Crippen LogP contribution is 2.36. The van der Waals surface area contributed by atoms with Crippen molar-refractivity contribution in [3.8, 4) is 0 Å². The van der Waals surface area contributed by atoms with Crippen LogP contribution in [0.3, 0.4) is 0 Å². The largest absolute Gasteiger partial charge is 0.316 e. The third-order valence-electron chi connectivity index (χ3n) is 4.76. The molecule has 0 unspecified atom stereocenters. The minimum atomic E-state index is -3.50. The lowest BCUT2D eigenvalue weighted by Gasteiger charge is -2.37. The third kappa shape index (κ3) is 3.14. The van der Waals surface area contributed by atoms with E-state index in [1.54, 1.807) is 11.4 Å².